The van der Waals surface area contributed by atoms with E-state index in [2.05, 4.69) is 30.0 Å². The molecule has 0 spiro atoms. The number of nitrogens with zero attached hydrogens (tertiary/aromatic N) is 2. The minimum absolute atomic E-state index is 0.641. The van der Waals surface area contributed by atoms with Crippen molar-refractivity contribution in [2.24, 2.45) is 0 Å². The number of ether oxygens (including phenoxy) is 1. The Morgan fingerprint density at radius 1 is 1.42 bits per heavy atom. The third kappa shape index (κ3) is 3.53. The number of likely N-dealkylation sites (N-methyl/N-ethyl adjacent to an activating group) is 2. The molecule has 1 aromatic rings. The quantitative estimate of drug-likeness (QED) is 0.827. The summed E-state index contributed by atoms with van der Waals surface area (Å²) in [5.74, 6) is 0.851. The maximum Gasteiger partial charge on any atom is 0.123 e. The number of nitrogen functional groups attached to an aromatic ring is 1. The van der Waals surface area contributed by atoms with Crippen LogP contribution in [0.25, 0.3) is 0 Å². The molecule has 2 rings (SSSR count). The first kappa shape index (κ1) is 14.0. The van der Waals surface area contributed by atoms with E-state index in [4.69, 9.17) is 10.5 Å². The zero-order chi connectivity index (χ0) is 13.8. The molecule has 2 N–H and O–H groups in total. The molecule has 1 aliphatic rings. The van der Waals surface area contributed by atoms with E-state index in [0.29, 0.717) is 12.6 Å². The monoisotopic (exact) mass is 263 g/mol. The minimum Gasteiger partial charge on any atom is -0.494 e. The third-order valence-electron chi connectivity index (χ3n) is 3.82. The van der Waals surface area contributed by atoms with Gasteiger partial charge in [-0.15, -0.1) is 0 Å². The van der Waals surface area contributed by atoms with Gasteiger partial charge in [-0.05, 0) is 39.4 Å². The van der Waals surface area contributed by atoms with E-state index in [-0.39, 0.29) is 0 Å². The van der Waals surface area contributed by atoms with Crippen LogP contribution in [0.4, 0.5) is 11.4 Å². The van der Waals surface area contributed by atoms with Gasteiger partial charge in [0.25, 0.3) is 0 Å². The van der Waals surface area contributed by atoms with Gasteiger partial charge in [-0.2, -0.15) is 0 Å². The zero-order valence-corrected chi connectivity index (χ0v) is 12.2. The first-order valence-corrected chi connectivity index (χ1v) is 7.05. The standard InChI is InChI=1S/C15H25N3O/c1-4-19-15-9-12(16)8-14(10-15)18(3)11-13-6-5-7-17(13)2/h8-10,13H,4-7,11,16H2,1-3H3. The van der Waals surface area contributed by atoms with Gasteiger partial charge in [0.15, 0.2) is 0 Å². The molecule has 19 heavy (non-hydrogen) atoms. The zero-order valence-electron chi connectivity index (χ0n) is 12.2. The molecule has 1 unspecified atom stereocenters. The molecule has 4 nitrogen and oxygen atoms in total. The highest BCUT2D eigenvalue weighted by Gasteiger charge is 2.22. The van der Waals surface area contributed by atoms with Crippen molar-refractivity contribution in [3.8, 4) is 5.75 Å². The lowest BCUT2D eigenvalue weighted by molar-refractivity contribution is 0.314. The van der Waals surface area contributed by atoms with Crippen LogP contribution in [0.5, 0.6) is 5.75 Å². The summed E-state index contributed by atoms with van der Waals surface area (Å²) in [6.07, 6.45) is 2.58. The molecule has 1 heterocycles. The van der Waals surface area contributed by atoms with Gasteiger partial charge >= 0.3 is 0 Å². The van der Waals surface area contributed by atoms with Crippen molar-refractivity contribution in [2.75, 3.05) is 44.4 Å². The number of hydrogen-bond donors (Lipinski definition) is 1. The first-order chi connectivity index (χ1) is 9.10. The molecule has 1 saturated heterocycles. The minimum atomic E-state index is 0.641. The molecule has 106 valence electrons. The van der Waals surface area contributed by atoms with Crippen LogP contribution < -0.4 is 15.4 Å². The van der Waals surface area contributed by atoms with Crippen LogP contribution >= 0.6 is 0 Å². The highest BCUT2D eigenvalue weighted by molar-refractivity contribution is 5.60. The number of likely N-dealkylation sites (tertiary alicyclic amines) is 1. The van der Waals surface area contributed by atoms with Gasteiger partial charge in [0.1, 0.15) is 5.75 Å². The van der Waals surface area contributed by atoms with Crippen LogP contribution in [-0.2, 0) is 0 Å². The predicted octanol–water partition coefficient (Wildman–Crippen LogP) is 2.20. The predicted molar refractivity (Wildman–Crippen MR) is 80.9 cm³/mol. The fraction of sp³-hybridized carbons (Fsp3) is 0.600. The molecule has 0 saturated carbocycles. The van der Waals surface area contributed by atoms with Crippen molar-refractivity contribution in [1.82, 2.24) is 4.90 Å². The van der Waals surface area contributed by atoms with Crippen LogP contribution in [0, 0.1) is 0 Å². The molecule has 1 aromatic carbocycles. The van der Waals surface area contributed by atoms with Gasteiger partial charge in [0, 0.05) is 43.1 Å². The second-order valence-electron chi connectivity index (χ2n) is 5.35. The summed E-state index contributed by atoms with van der Waals surface area (Å²) in [4.78, 5) is 4.71. The summed E-state index contributed by atoms with van der Waals surface area (Å²) < 4.78 is 5.55. The summed E-state index contributed by atoms with van der Waals surface area (Å²) in [6, 6.07) is 6.59. The van der Waals surface area contributed by atoms with Crippen LogP contribution in [0.1, 0.15) is 19.8 Å². The summed E-state index contributed by atoms with van der Waals surface area (Å²) in [7, 11) is 4.33. The van der Waals surface area contributed by atoms with Crippen molar-refractivity contribution in [2.45, 2.75) is 25.8 Å². The van der Waals surface area contributed by atoms with E-state index < -0.39 is 0 Å². The third-order valence-corrected chi connectivity index (χ3v) is 3.82. The molecular weight excluding hydrogens is 238 g/mol. The van der Waals surface area contributed by atoms with Crippen molar-refractivity contribution < 1.29 is 4.74 Å². The molecular formula is C15H25N3O. The van der Waals surface area contributed by atoms with E-state index in [0.717, 1.165) is 23.7 Å². The van der Waals surface area contributed by atoms with Crippen molar-refractivity contribution in [3.63, 3.8) is 0 Å². The van der Waals surface area contributed by atoms with E-state index in [1.54, 1.807) is 0 Å². The average Bonchev–Trinajstić information content (AvgIpc) is 2.75. The van der Waals surface area contributed by atoms with Gasteiger partial charge in [0.05, 0.1) is 6.61 Å². The highest BCUT2D eigenvalue weighted by atomic mass is 16.5. The van der Waals surface area contributed by atoms with Crippen LogP contribution in [0.2, 0.25) is 0 Å². The number of rotatable bonds is 5. The Morgan fingerprint density at radius 3 is 2.84 bits per heavy atom. The van der Waals surface area contributed by atoms with E-state index >= 15 is 0 Å². The maximum absolute atomic E-state index is 5.95. The Labute approximate surface area is 116 Å². The van der Waals surface area contributed by atoms with Crippen molar-refractivity contribution in [1.29, 1.82) is 0 Å². The molecule has 1 fully saturated rings. The summed E-state index contributed by atoms with van der Waals surface area (Å²) in [6.45, 7) is 4.89. The Kier molecular flexibility index (Phi) is 4.53. The second kappa shape index (κ2) is 6.15. The molecule has 0 amide bonds. The summed E-state index contributed by atoms with van der Waals surface area (Å²) >= 11 is 0. The molecule has 4 heteroatoms. The van der Waals surface area contributed by atoms with E-state index in [1.165, 1.54) is 19.4 Å². The van der Waals surface area contributed by atoms with E-state index in [9.17, 15) is 0 Å². The van der Waals surface area contributed by atoms with Crippen LogP contribution in [-0.4, -0.2) is 44.7 Å². The topological polar surface area (TPSA) is 41.7 Å². The Morgan fingerprint density at radius 2 is 2.21 bits per heavy atom. The van der Waals surface area contributed by atoms with Gasteiger partial charge in [-0.3, -0.25) is 0 Å². The fourth-order valence-corrected chi connectivity index (χ4v) is 2.71. The van der Waals surface area contributed by atoms with Crippen LogP contribution in [0.3, 0.4) is 0 Å². The number of benzene rings is 1. The molecule has 0 aliphatic carbocycles. The molecule has 1 atom stereocenters. The molecule has 0 aromatic heterocycles. The lowest BCUT2D eigenvalue weighted by Gasteiger charge is -2.27. The highest BCUT2D eigenvalue weighted by Crippen LogP contribution is 2.26. The fourth-order valence-electron chi connectivity index (χ4n) is 2.71. The number of nitrogens with two attached hydrogens (primary N) is 1. The Balaban J connectivity index is 2.07. The summed E-state index contributed by atoms with van der Waals surface area (Å²) in [5, 5.41) is 0. The largest absolute Gasteiger partial charge is 0.494 e. The van der Waals surface area contributed by atoms with Gasteiger partial charge in [-0.25, -0.2) is 0 Å². The Bertz CT molecular complexity index is 422. The maximum atomic E-state index is 5.95. The smallest absolute Gasteiger partial charge is 0.123 e. The van der Waals surface area contributed by atoms with Gasteiger partial charge in [-0.1, -0.05) is 0 Å². The normalized spacial score (nSPS) is 19.6. The molecule has 0 radical (unpaired) electrons. The van der Waals surface area contributed by atoms with Crippen LogP contribution in [0.15, 0.2) is 18.2 Å². The molecule has 0 bridgehead atoms. The lowest BCUT2D eigenvalue weighted by Crippen LogP contribution is -2.36. The van der Waals surface area contributed by atoms with Gasteiger partial charge in [0.2, 0.25) is 0 Å². The second-order valence-corrected chi connectivity index (χ2v) is 5.35. The van der Waals surface area contributed by atoms with Crippen molar-refractivity contribution >= 4 is 11.4 Å². The first-order valence-electron chi connectivity index (χ1n) is 7.05. The lowest BCUT2D eigenvalue weighted by atomic mass is 10.2. The average molecular weight is 263 g/mol. The summed E-state index contributed by atoms with van der Waals surface area (Å²) in [5.41, 5.74) is 7.83. The van der Waals surface area contributed by atoms with Crippen molar-refractivity contribution in [3.05, 3.63) is 18.2 Å². The number of anilines is 2. The Hall–Kier alpha value is -1.42. The SMILES string of the molecule is CCOc1cc(N)cc(N(C)CC2CCCN2C)c1. The number of hydrogen-bond acceptors (Lipinski definition) is 4. The molecule has 1 aliphatic heterocycles. The van der Waals surface area contributed by atoms with Gasteiger partial charge < -0.3 is 20.3 Å². The van der Waals surface area contributed by atoms with E-state index in [1.807, 2.05) is 19.1 Å².